The molecule has 5 nitrogen and oxygen atoms in total. The first-order valence-electron chi connectivity index (χ1n) is 3.91. The monoisotopic (exact) mass is 214 g/mol. The summed E-state index contributed by atoms with van der Waals surface area (Å²) in [5.74, 6) is -1.38. The average molecular weight is 214 g/mol. The van der Waals surface area contributed by atoms with E-state index in [0.29, 0.717) is 4.88 Å². The van der Waals surface area contributed by atoms with Gasteiger partial charge in [-0.1, -0.05) is 6.07 Å². The van der Waals surface area contributed by atoms with E-state index in [-0.39, 0.29) is 12.3 Å². The van der Waals surface area contributed by atoms with Gasteiger partial charge in [-0.2, -0.15) is 0 Å². The largest absolute Gasteiger partial charge is 0.481 e. The Morgan fingerprint density at radius 3 is 2.86 bits per heavy atom. The molecule has 0 radical (unpaired) electrons. The smallest absolute Gasteiger partial charge is 0.306 e. The molecule has 0 spiro atoms. The van der Waals surface area contributed by atoms with E-state index >= 15 is 0 Å². The highest BCUT2D eigenvalue weighted by Crippen LogP contribution is 2.07. The molecule has 0 aliphatic heterocycles. The van der Waals surface area contributed by atoms with Gasteiger partial charge in [-0.3, -0.25) is 9.59 Å². The molecule has 0 aromatic carbocycles. The van der Waals surface area contributed by atoms with Crippen molar-refractivity contribution in [3.8, 4) is 0 Å². The highest BCUT2D eigenvalue weighted by Gasteiger charge is 2.12. The van der Waals surface area contributed by atoms with E-state index in [0.717, 1.165) is 0 Å². The minimum absolute atomic E-state index is 0.281. The maximum atomic E-state index is 11.3. The maximum absolute atomic E-state index is 11.3. The van der Waals surface area contributed by atoms with Gasteiger partial charge in [-0.25, -0.2) is 0 Å². The van der Waals surface area contributed by atoms with Gasteiger partial charge in [0.25, 0.3) is 5.91 Å². The number of carboxylic acid groups (broad SMARTS) is 1. The van der Waals surface area contributed by atoms with Crippen LogP contribution in [0, 0.1) is 0 Å². The van der Waals surface area contributed by atoms with Gasteiger partial charge >= 0.3 is 5.97 Å². The number of carbonyl (C=O) groups excluding carboxylic acids is 1. The molecular weight excluding hydrogens is 204 g/mol. The Balaban J connectivity index is 2.45. The van der Waals surface area contributed by atoms with E-state index in [1.54, 1.807) is 17.5 Å². The van der Waals surface area contributed by atoms with Crippen LogP contribution in [0.2, 0.25) is 0 Å². The summed E-state index contributed by atoms with van der Waals surface area (Å²) in [4.78, 5) is 22.1. The lowest BCUT2D eigenvalue weighted by Crippen LogP contribution is -2.42. The Labute approximate surface area is 84.5 Å². The fourth-order valence-electron chi connectivity index (χ4n) is 0.886. The summed E-state index contributed by atoms with van der Waals surface area (Å²) in [5, 5.41) is 12.5. The van der Waals surface area contributed by atoms with Crippen molar-refractivity contribution in [1.29, 1.82) is 0 Å². The van der Waals surface area contributed by atoms with Crippen molar-refractivity contribution in [3.05, 3.63) is 22.4 Å². The van der Waals surface area contributed by atoms with Crippen LogP contribution >= 0.6 is 11.3 Å². The molecule has 76 valence electrons. The molecule has 6 heteroatoms. The molecule has 0 fully saturated rings. The van der Waals surface area contributed by atoms with E-state index in [2.05, 4.69) is 5.32 Å². The third-order valence-corrected chi connectivity index (χ3v) is 2.32. The Bertz CT molecular complexity index is 323. The SMILES string of the molecule is NC(CC(=O)O)NC(=O)c1cccs1. The molecule has 0 saturated carbocycles. The lowest BCUT2D eigenvalue weighted by atomic mass is 10.3. The molecule has 0 aliphatic rings. The second kappa shape index (κ2) is 4.73. The number of nitrogens with two attached hydrogens (primary N) is 1. The minimum Gasteiger partial charge on any atom is -0.481 e. The van der Waals surface area contributed by atoms with Crippen LogP contribution < -0.4 is 11.1 Å². The van der Waals surface area contributed by atoms with Crippen LogP contribution in [-0.2, 0) is 4.79 Å². The minimum atomic E-state index is -1.04. The summed E-state index contributed by atoms with van der Waals surface area (Å²) in [7, 11) is 0. The highest BCUT2D eigenvalue weighted by molar-refractivity contribution is 7.12. The van der Waals surface area contributed by atoms with Crippen LogP contribution in [0.25, 0.3) is 0 Å². The number of carboxylic acids is 1. The zero-order valence-corrected chi connectivity index (χ0v) is 8.08. The van der Waals surface area contributed by atoms with Crippen LogP contribution in [-0.4, -0.2) is 23.1 Å². The predicted octanol–water partition coefficient (Wildman–Crippen LogP) is 0.237. The quantitative estimate of drug-likeness (QED) is 0.626. The summed E-state index contributed by atoms with van der Waals surface area (Å²) in [6.45, 7) is 0. The van der Waals surface area contributed by atoms with Crippen molar-refractivity contribution in [2.45, 2.75) is 12.6 Å². The Morgan fingerprint density at radius 2 is 2.36 bits per heavy atom. The van der Waals surface area contributed by atoms with Crippen molar-refractivity contribution in [3.63, 3.8) is 0 Å². The van der Waals surface area contributed by atoms with Gasteiger partial charge in [0, 0.05) is 0 Å². The van der Waals surface area contributed by atoms with Gasteiger partial charge in [0.2, 0.25) is 0 Å². The summed E-state index contributed by atoms with van der Waals surface area (Å²) >= 11 is 1.28. The standard InChI is InChI=1S/C8H10N2O3S/c9-6(4-7(11)12)10-8(13)5-2-1-3-14-5/h1-3,6H,4,9H2,(H,10,13)(H,11,12). The first-order chi connectivity index (χ1) is 6.59. The lowest BCUT2D eigenvalue weighted by molar-refractivity contribution is -0.137. The molecule has 1 amide bonds. The fourth-order valence-corrected chi connectivity index (χ4v) is 1.51. The summed E-state index contributed by atoms with van der Waals surface area (Å²) in [6.07, 6.45) is -1.13. The first-order valence-corrected chi connectivity index (χ1v) is 4.79. The van der Waals surface area contributed by atoms with Crippen molar-refractivity contribution >= 4 is 23.2 Å². The van der Waals surface area contributed by atoms with Gasteiger partial charge in [-0.05, 0) is 11.4 Å². The zero-order valence-electron chi connectivity index (χ0n) is 7.27. The predicted molar refractivity (Wildman–Crippen MR) is 52.0 cm³/mol. The topological polar surface area (TPSA) is 92.4 Å². The number of amides is 1. The van der Waals surface area contributed by atoms with Crippen molar-refractivity contribution in [2.24, 2.45) is 5.73 Å². The Hall–Kier alpha value is -1.40. The molecule has 1 unspecified atom stereocenters. The second-order valence-electron chi connectivity index (χ2n) is 2.66. The molecule has 4 N–H and O–H groups in total. The molecule has 0 aliphatic carbocycles. The first kappa shape index (κ1) is 10.7. The van der Waals surface area contributed by atoms with Crippen molar-refractivity contribution in [2.75, 3.05) is 0 Å². The number of rotatable bonds is 4. The number of carbonyl (C=O) groups is 2. The molecule has 1 aromatic rings. The summed E-state index contributed by atoms with van der Waals surface area (Å²) in [6, 6.07) is 3.38. The van der Waals surface area contributed by atoms with E-state index in [9.17, 15) is 9.59 Å². The zero-order chi connectivity index (χ0) is 10.6. The van der Waals surface area contributed by atoms with Gasteiger partial charge in [-0.15, -0.1) is 11.3 Å². The molecule has 0 bridgehead atoms. The Kier molecular flexibility index (Phi) is 3.61. The van der Waals surface area contributed by atoms with Gasteiger partial charge in [0.1, 0.15) is 0 Å². The van der Waals surface area contributed by atoms with Gasteiger partial charge in [0.05, 0.1) is 17.5 Å². The maximum Gasteiger partial charge on any atom is 0.306 e. The van der Waals surface area contributed by atoms with E-state index in [1.807, 2.05) is 0 Å². The second-order valence-corrected chi connectivity index (χ2v) is 3.60. The molecular formula is C8H10N2O3S. The van der Waals surface area contributed by atoms with Crippen molar-refractivity contribution in [1.82, 2.24) is 5.32 Å². The number of aliphatic carboxylic acids is 1. The van der Waals surface area contributed by atoms with Gasteiger partial charge in [0.15, 0.2) is 0 Å². The number of thiophene rings is 1. The molecule has 0 saturated heterocycles. The third-order valence-electron chi connectivity index (χ3n) is 1.46. The lowest BCUT2D eigenvalue weighted by Gasteiger charge is -2.09. The van der Waals surface area contributed by atoms with E-state index in [1.165, 1.54) is 11.3 Å². The van der Waals surface area contributed by atoms with E-state index in [4.69, 9.17) is 10.8 Å². The highest BCUT2D eigenvalue weighted by atomic mass is 32.1. The number of hydrogen-bond acceptors (Lipinski definition) is 4. The summed E-state index contributed by atoms with van der Waals surface area (Å²) in [5.41, 5.74) is 5.37. The third kappa shape index (κ3) is 3.15. The average Bonchev–Trinajstić information content (AvgIpc) is 2.53. The molecule has 1 atom stereocenters. The normalized spacial score (nSPS) is 12.1. The number of nitrogens with one attached hydrogen (secondary N) is 1. The van der Waals surface area contributed by atoms with Crippen molar-refractivity contribution < 1.29 is 14.7 Å². The van der Waals surface area contributed by atoms with E-state index < -0.39 is 12.1 Å². The van der Waals surface area contributed by atoms with Crippen LogP contribution in [0.1, 0.15) is 16.1 Å². The molecule has 1 aromatic heterocycles. The molecule has 1 rings (SSSR count). The Morgan fingerprint density at radius 1 is 1.64 bits per heavy atom. The van der Waals surface area contributed by atoms with Crippen LogP contribution in [0.4, 0.5) is 0 Å². The molecule has 14 heavy (non-hydrogen) atoms. The molecule has 1 heterocycles. The van der Waals surface area contributed by atoms with Crippen LogP contribution in [0.3, 0.4) is 0 Å². The summed E-state index contributed by atoms with van der Waals surface area (Å²) < 4.78 is 0. The number of hydrogen-bond donors (Lipinski definition) is 3. The van der Waals surface area contributed by atoms with Crippen LogP contribution in [0.5, 0.6) is 0 Å². The van der Waals surface area contributed by atoms with Gasteiger partial charge < -0.3 is 16.2 Å². The fraction of sp³-hybridized carbons (Fsp3) is 0.250. The van der Waals surface area contributed by atoms with Crippen LogP contribution in [0.15, 0.2) is 17.5 Å².